The molecule has 8 heteroatoms. The van der Waals surface area contributed by atoms with Crippen molar-refractivity contribution in [1.82, 2.24) is 9.80 Å². The minimum absolute atomic E-state index is 0.00316. The van der Waals surface area contributed by atoms with E-state index in [-0.39, 0.29) is 47.1 Å². The fraction of sp³-hybridized carbons (Fsp3) is 0.524. The minimum Gasteiger partial charge on any atom is -0.342 e. The molecule has 0 aromatic heterocycles. The van der Waals surface area contributed by atoms with Gasteiger partial charge in [0, 0.05) is 37.8 Å². The van der Waals surface area contributed by atoms with Gasteiger partial charge < -0.3 is 9.80 Å². The van der Waals surface area contributed by atoms with Gasteiger partial charge in [-0.3, -0.25) is 24.1 Å². The van der Waals surface area contributed by atoms with Gasteiger partial charge in [-0.25, -0.2) is 0 Å². The second kappa shape index (κ2) is 7.82. The number of benzene rings is 1. The van der Waals surface area contributed by atoms with Crippen LogP contribution in [-0.4, -0.2) is 64.2 Å². The molecule has 3 aliphatic heterocycles. The van der Waals surface area contributed by atoms with Gasteiger partial charge in [-0.05, 0) is 49.9 Å². The predicted molar refractivity (Wildman–Crippen MR) is 111 cm³/mol. The Morgan fingerprint density at radius 3 is 2.38 bits per heavy atom. The average molecular weight is 416 g/mol. The van der Waals surface area contributed by atoms with Crippen LogP contribution in [0.25, 0.3) is 0 Å². The van der Waals surface area contributed by atoms with Crippen molar-refractivity contribution in [2.75, 3.05) is 30.3 Å². The van der Waals surface area contributed by atoms with Crippen molar-refractivity contribution in [2.45, 2.75) is 39.2 Å². The second-order valence-corrected chi connectivity index (χ2v) is 8.98. The molecule has 1 aromatic rings. The number of nitrogens with zero attached hydrogens (tertiary/aromatic N) is 3. The molecule has 4 amide bonds. The number of carbonyl (C=O) groups excluding carboxylic acids is 4. The third-order valence-corrected chi connectivity index (χ3v) is 7.04. The Labute approximate surface area is 174 Å². The fourth-order valence-electron chi connectivity index (χ4n) is 4.34. The molecule has 154 valence electrons. The number of amides is 4. The molecule has 0 spiro atoms. The van der Waals surface area contributed by atoms with Crippen LogP contribution in [0.5, 0.6) is 0 Å². The van der Waals surface area contributed by atoms with E-state index in [4.69, 9.17) is 0 Å². The summed E-state index contributed by atoms with van der Waals surface area (Å²) in [6.07, 6.45) is 1.43. The molecule has 0 radical (unpaired) electrons. The van der Waals surface area contributed by atoms with E-state index in [0.717, 1.165) is 23.0 Å². The summed E-state index contributed by atoms with van der Waals surface area (Å²) in [5.74, 6) is -0.277. The number of likely N-dealkylation sites (tertiary alicyclic amines) is 1. The summed E-state index contributed by atoms with van der Waals surface area (Å²) < 4.78 is 0. The third kappa shape index (κ3) is 3.77. The van der Waals surface area contributed by atoms with Gasteiger partial charge in [0.15, 0.2) is 0 Å². The van der Waals surface area contributed by atoms with Crippen molar-refractivity contribution in [1.29, 1.82) is 0 Å². The number of aryl methyl sites for hydroxylation is 2. The van der Waals surface area contributed by atoms with Crippen LogP contribution in [0.3, 0.4) is 0 Å². The lowest BCUT2D eigenvalue weighted by Crippen LogP contribution is -2.49. The zero-order valence-corrected chi connectivity index (χ0v) is 17.5. The number of piperidine rings is 1. The first kappa shape index (κ1) is 19.9. The van der Waals surface area contributed by atoms with Crippen molar-refractivity contribution in [3.05, 3.63) is 29.3 Å². The number of hydrogen-bond donors (Lipinski definition) is 0. The monoisotopic (exact) mass is 415 g/mol. The predicted octanol–water partition coefficient (Wildman–Crippen LogP) is 2.34. The topological polar surface area (TPSA) is 78.0 Å². The number of rotatable bonds is 3. The highest BCUT2D eigenvalue weighted by atomic mass is 32.2. The Bertz CT molecular complexity index is 863. The Morgan fingerprint density at radius 2 is 1.76 bits per heavy atom. The maximum atomic E-state index is 13.0. The summed E-state index contributed by atoms with van der Waals surface area (Å²) in [4.78, 5) is 54.2. The Morgan fingerprint density at radius 1 is 1.03 bits per heavy atom. The van der Waals surface area contributed by atoms with Gasteiger partial charge >= 0.3 is 0 Å². The smallest absolute Gasteiger partial charge is 0.289 e. The number of carbonyl (C=O) groups is 4. The van der Waals surface area contributed by atoms with E-state index < -0.39 is 0 Å². The summed E-state index contributed by atoms with van der Waals surface area (Å²) in [6, 6.07) is 5.80. The molecule has 3 saturated heterocycles. The van der Waals surface area contributed by atoms with E-state index in [1.54, 1.807) is 9.80 Å². The largest absolute Gasteiger partial charge is 0.342 e. The van der Waals surface area contributed by atoms with Crippen molar-refractivity contribution in [3.8, 4) is 0 Å². The number of imide groups is 1. The van der Waals surface area contributed by atoms with E-state index in [2.05, 4.69) is 0 Å². The third-order valence-electron chi connectivity index (χ3n) is 6.20. The Hall–Kier alpha value is -2.35. The summed E-state index contributed by atoms with van der Waals surface area (Å²) >= 11 is 1.05. The zero-order chi connectivity index (χ0) is 20.7. The highest BCUT2D eigenvalue weighted by Crippen LogP contribution is 2.30. The number of hydrogen-bond acceptors (Lipinski definition) is 5. The van der Waals surface area contributed by atoms with Gasteiger partial charge in [-0.1, -0.05) is 17.8 Å². The summed E-state index contributed by atoms with van der Waals surface area (Å²) in [5, 5.41) is -0.176. The van der Waals surface area contributed by atoms with E-state index in [0.29, 0.717) is 32.5 Å². The molecule has 0 saturated carbocycles. The van der Waals surface area contributed by atoms with Crippen LogP contribution in [0.4, 0.5) is 10.5 Å². The standard InChI is InChI=1S/C21H25N3O4S/c1-13-3-4-17(9-14(13)2)23-11-15(10-18(23)25)20(27)22-7-5-16(6-8-22)24-19(26)12-29-21(24)28/h3-4,9,15-16H,5-8,10-12H2,1-2H3. The molecular weight excluding hydrogens is 390 g/mol. The van der Waals surface area contributed by atoms with Gasteiger partial charge in [0.05, 0.1) is 11.7 Å². The Balaban J connectivity index is 1.37. The normalized spacial score (nSPS) is 23.4. The quantitative estimate of drug-likeness (QED) is 0.757. The van der Waals surface area contributed by atoms with Crippen molar-refractivity contribution in [2.24, 2.45) is 5.92 Å². The molecule has 0 N–H and O–H groups in total. The highest BCUT2D eigenvalue weighted by molar-refractivity contribution is 8.14. The Kier molecular flexibility index (Phi) is 5.38. The maximum Gasteiger partial charge on any atom is 0.289 e. The van der Waals surface area contributed by atoms with Gasteiger partial charge in [0.25, 0.3) is 5.24 Å². The molecule has 0 aliphatic carbocycles. The molecule has 0 bridgehead atoms. The molecule has 1 unspecified atom stereocenters. The lowest BCUT2D eigenvalue weighted by atomic mass is 10.0. The fourth-order valence-corrected chi connectivity index (χ4v) is 5.11. The van der Waals surface area contributed by atoms with Crippen LogP contribution in [-0.2, 0) is 14.4 Å². The van der Waals surface area contributed by atoms with E-state index >= 15 is 0 Å². The van der Waals surface area contributed by atoms with Crippen molar-refractivity contribution < 1.29 is 19.2 Å². The second-order valence-electron chi connectivity index (χ2n) is 8.05. The maximum absolute atomic E-state index is 13.0. The van der Waals surface area contributed by atoms with E-state index in [1.165, 1.54) is 10.5 Å². The SMILES string of the molecule is Cc1ccc(N2CC(C(=O)N3CCC(N4C(=O)CSC4=O)CC3)CC2=O)cc1C. The zero-order valence-electron chi connectivity index (χ0n) is 16.7. The molecule has 1 aromatic carbocycles. The van der Waals surface area contributed by atoms with Crippen molar-refractivity contribution in [3.63, 3.8) is 0 Å². The van der Waals surface area contributed by atoms with Gasteiger partial charge in [-0.2, -0.15) is 0 Å². The van der Waals surface area contributed by atoms with Crippen LogP contribution < -0.4 is 4.90 Å². The highest BCUT2D eigenvalue weighted by Gasteiger charge is 2.41. The van der Waals surface area contributed by atoms with E-state index in [1.807, 2.05) is 32.0 Å². The average Bonchev–Trinajstić information content (AvgIpc) is 3.26. The van der Waals surface area contributed by atoms with Crippen LogP contribution in [0.2, 0.25) is 0 Å². The summed E-state index contributed by atoms with van der Waals surface area (Å²) in [7, 11) is 0. The molecule has 29 heavy (non-hydrogen) atoms. The van der Waals surface area contributed by atoms with Crippen molar-refractivity contribution >= 4 is 40.4 Å². The molecule has 3 fully saturated rings. The molecule has 3 aliphatic rings. The first-order chi connectivity index (χ1) is 13.8. The molecule has 3 heterocycles. The van der Waals surface area contributed by atoms with Gasteiger partial charge in [0.1, 0.15) is 0 Å². The van der Waals surface area contributed by atoms with Gasteiger partial charge in [-0.15, -0.1) is 0 Å². The molecule has 7 nitrogen and oxygen atoms in total. The summed E-state index contributed by atoms with van der Waals surface area (Å²) in [5.41, 5.74) is 3.14. The molecule has 1 atom stereocenters. The molecule has 4 rings (SSSR count). The van der Waals surface area contributed by atoms with Crippen LogP contribution in [0, 0.1) is 19.8 Å². The van der Waals surface area contributed by atoms with E-state index in [9.17, 15) is 19.2 Å². The van der Waals surface area contributed by atoms with Crippen LogP contribution in [0.1, 0.15) is 30.4 Å². The minimum atomic E-state index is -0.341. The summed E-state index contributed by atoms with van der Waals surface area (Å²) in [6.45, 7) is 5.47. The lowest BCUT2D eigenvalue weighted by Gasteiger charge is -2.36. The van der Waals surface area contributed by atoms with Crippen LogP contribution >= 0.6 is 11.8 Å². The first-order valence-electron chi connectivity index (χ1n) is 10.0. The number of thioether (sulfide) groups is 1. The van der Waals surface area contributed by atoms with Crippen LogP contribution in [0.15, 0.2) is 18.2 Å². The first-order valence-corrected chi connectivity index (χ1v) is 11.0. The number of anilines is 1. The molecular formula is C21H25N3O4S. The lowest BCUT2D eigenvalue weighted by molar-refractivity contribution is -0.137. The van der Waals surface area contributed by atoms with Gasteiger partial charge in [0.2, 0.25) is 17.7 Å².